The van der Waals surface area contributed by atoms with Gasteiger partial charge in [-0.05, 0) is 43.5 Å². The van der Waals surface area contributed by atoms with Crippen LogP contribution in [-0.4, -0.2) is 33.9 Å². The van der Waals surface area contributed by atoms with Crippen LogP contribution in [0.2, 0.25) is 5.15 Å². The van der Waals surface area contributed by atoms with Gasteiger partial charge in [-0.2, -0.15) is 0 Å². The first-order valence-electron chi connectivity index (χ1n) is 8.79. The molecule has 3 heterocycles. The van der Waals surface area contributed by atoms with Crippen molar-refractivity contribution in [1.29, 1.82) is 0 Å². The summed E-state index contributed by atoms with van der Waals surface area (Å²) in [5.41, 5.74) is 2.42. The molecule has 1 aliphatic carbocycles. The van der Waals surface area contributed by atoms with Crippen LogP contribution in [-0.2, 0) is 9.53 Å². The molecule has 0 bridgehead atoms. The average molecular weight is 397 g/mol. The summed E-state index contributed by atoms with van der Waals surface area (Å²) in [7, 11) is 1.31. The molecule has 3 aromatic rings. The van der Waals surface area contributed by atoms with Gasteiger partial charge < -0.3 is 10.1 Å². The molecular formula is C20H17ClN4O3. The summed E-state index contributed by atoms with van der Waals surface area (Å²) in [6.07, 6.45) is 5.07. The molecule has 1 saturated carbocycles. The maximum Gasteiger partial charge on any atom is 0.356 e. The van der Waals surface area contributed by atoms with Crippen LogP contribution < -0.4 is 5.32 Å². The Hall–Kier alpha value is -3.06. The molecule has 7 nitrogen and oxygen atoms in total. The number of carbonyl (C=O) groups is 2. The molecule has 4 rings (SSSR count). The second-order valence-electron chi connectivity index (χ2n) is 6.73. The van der Waals surface area contributed by atoms with Gasteiger partial charge in [0.1, 0.15) is 16.7 Å². The molecular weight excluding hydrogens is 380 g/mol. The first kappa shape index (κ1) is 18.3. The van der Waals surface area contributed by atoms with Crippen molar-refractivity contribution in [2.24, 2.45) is 5.92 Å². The number of nitrogens with zero attached hydrogens (tertiary/aromatic N) is 3. The molecule has 0 aliphatic heterocycles. The standard InChI is InChI=1S/C20H17ClN4O3/c1-10-5-16(20(27)28-2)22-9-14(10)15-6-12-8-23-17(7-13(12)18(21)24-15)25-19(26)11-3-4-11/h5-9,11H,3-4H2,1-2H3,(H,23,25,26). The van der Waals surface area contributed by atoms with Gasteiger partial charge in [-0.15, -0.1) is 0 Å². The van der Waals surface area contributed by atoms with Gasteiger partial charge in [-0.1, -0.05) is 11.6 Å². The van der Waals surface area contributed by atoms with Gasteiger partial charge in [0.2, 0.25) is 5.91 Å². The summed E-state index contributed by atoms with van der Waals surface area (Å²) in [6.45, 7) is 1.86. The first-order chi connectivity index (χ1) is 13.5. The van der Waals surface area contributed by atoms with Gasteiger partial charge in [-0.3, -0.25) is 4.79 Å². The van der Waals surface area contributed by atoms with Crippen LogP contribution in [0.25, 0.3) is 22.0 Å². The summed E-state index contributed by atoms with van der Waals surface area (Å²) >= 11 is 6.41. The minimum absolute atomic E-state index is 0.0139. The highest BCUT2D eigenvalue weighted by Gasteiger charge is 2.29. The number of anilines is 1. The Labute approximate surface area is 166 Å². The first-order valence-corrected chi connectivity index (χ1v) is 9.16. The van der Waals surface area contributed by atoms with Gasteiger partial charge in [0.15, 0.2) is 0 Å². The molecule has 0 aromatic carbocycles. The molecule has 28 heavy (non-hydrogen) atoms. The topological polar surface area (TPSA) is 94.1 Å². The van der Waals surface area contributed by atoms with E-state index >= 15 is 0 Å². The van der Waals surface area contributed by atoms with Crippen LogP contribution in [0.5, 0.6) is 0 Å². The predicted molar refractivity (Wildman–Crippen MR) is 105 cm³/mol. The van der Waals surface area contributed by atoms with E-state index < -0.39 is 5.97 Å². The third-order valence-electron chi connectivity index (χ3n) is 4.65. The second-order valence-corrected chi connectivity index (χ2v) is 7.09. The summed E-state index contributed by atoms with van der Waals surface area (Å²) in [4.78, 5) is 36.5. The minimum Gasteiger partial charge on any atom is -0.464 e. The zero-order valence-electron chi connectivity index (χ0n) is 15.3. The number of aryl methyl sites for hydroxylation is 1. The lowest BCUT2D eigenvalue weighted by Gasteiger charge is -2.10. The van der Waals surface area contributed by atoms with Gasteiger partial charge in [-0.25, -0.2) is 19.7 Å². The van der Waals surface area contributed by atoms with Crippen molar-refractivity contribution >= 4 is 40.1 Å². The zero-order chi connectivity index (χ0) is 19.8. The van der Waals surface area contributed by atoms with Gasteiger partial charge in [0.05, 0.1) is 12.8 Å². The molecule has 0 spiro atoms. The highest BCUT2D eigenvalue weighted by Crippen LogP contribution is 2.32. The third kappa shape index (κ3) is 3.53. The van der Waals surface area contributed by atoms with Crippen molar-refractivity contribution in [3.8, 4) is 11.3 Å². The van der Waals surface area contributed by atoms with Gasteiger partial charge >= 0.3 is 5.97 Å². The number of esters is 1. The maximum atomic E-state index is 11.9. The van der Waals surface area contributed by atoms with Crippen molar-refractivity contribution in [2.45, 2.75) is 19.8 Å². The van der Waals surface area contributed by atoms with E-state index in [-0.39, 0.29) is 17.5 Å². The molecule has 1 N–H and O–H groups in total. The van der Waals surface area contributed by atoms with Gasteiger partial charge in [0.25, 0.3) is 0 Å². The minimum atomic E-state index is -0.496. The van der Waals surface area contributed by atoms with E-state index in [4.69, 9.17) is 16.3 Å². The SMILES string of the molecule is COC(=O)c1cc(C)c(-c2cc3cnc(NC(=O)C4CC4)cc3c(Cl)n2)cn1. The molecule has 3 aromatic heterocycles. The number of pyridine rings is 3. The normalized spacial score (nSPS) is 13.4. The van der Waals surface area contributed by atoms with E-state index in [1.807, 2.05) is 13.0 Å². The van der Waals surface area contributed by atoms with Crippen LogP contribution in [0.15, 0.2) is 30.6 Å². The van der Waals surface area contributed by atoms with Crippen LogP contribution in [0, 0.1) is 12.8 Å². The third-order valence-corrected chi connectivity index (χ3v) is 4.94. The smallest absolute Gasteiger partial charge is 0.356 e. The lowest BCUT2D eigenvalue weighted by molar-refractivity contribution is -0.117. The molecule has 0 radical (unpaired) electrons. The van der Waals surface area contributed by atoms with Crippen LogP contribution in [0.1, 0.15) is 28.9 Å². The predicted octanol–water partition coefficient (Wildman–Crippen LogP) is 3.79. The number of halogens is 1. The lowest BCUT2D eigenvalue weighted by Crippen LogP contribution is -2.14. The van der Waals surface area contributed by atoms with Crippen molar-refractivity contribution in [3.05, 3.63) is 47.0 Å². The van der Waals surface area contributed by atoms with Crippen molar-refractivity contribution in [2.75, 3.05) is 12.4 Å². The Balaban J connectivity index is 1.69. The largest absolute Gasteiger partial charge is 0.464 e. The molecule has 142 valence electrons. The van der Waals surface area contributed by atoms with E-state index in [1.165, 1.54) is 7.11 Å². The van der Waals surface area contributed by atoms with Gasteiger partial charge in [0, 0.05) is 34.6 Å². The fourth-order valence-corrected chi connectivity index (χ4v) is 3.18. The maximum absolute atomic E-state index is 11.9. The fraction of sp³-hybridized carbons (Fsp3) is 0.250. The number of rotatable bonds is 4. The average Bonchev–Trinajstić information content (AvgIpc) is 3.53. The van der Waals surface area contributed by atoms with E-state index in [9.17, 15) is 9.59 Å². The number of aromatic nitrogens is 3. The number of fused-ring (bicyclic) bond motifs is 1. The quantitative estimate of drug-likeness (QED) is 0.532. The number of amides is 1. The number of carbonyl (C=O) groups excluding carboxylic acids is 2. The number of hydrogen-bond acceptors (Lipinski definition) is 6. The van der Waals surface area contributed by atoms with E-state index in [2.05, 4.69) is 20.3 Å². The number of nitrogens with one attached hydrogen (secondary N) is 1. The number of ether oxygens (including phenoxy) is 1. The Bertz CT molecular complexity index is 1110. The van der Waals surface area contributed by atoms with E-state index in [0.29, 0.717) is 22.1 Å². The number of hydrogen-bond donors (Lipinski definition) is 1. The van der Waals surface area contributed by atoms with Crippen LogP contribution >= 0.6 is 11.6 Å². The monoisotopic (exact) mass is 396 g/mol. The van der Waals surface area contributed by atoms with E-state index in [1.54, 1.807) is 24.5 Å². The lowest BCUT2D eigenvalue weighted by atomic mass is 10.1. The molecule has 1 fully saturated rings. The van der Waals surface area contributed by atoms with Crippen molar-refractivity contribution < 1.29 is 14.3 Å². The molecule has 0 unspecified atom stereocenters. The van der Waals surface area contributed by atoms with Crippen molar-refractivity contribution in [1.82, 2.24) is 15.0 Å². The Morgan fingerprint density at radius 2 is 1.96 bits per heavy atom. The number of methoxy groups -OCH3 is 1. The summed E-state index contributed by atoms with van der Waals surface area (Å²) in [5.74, 6) is 0.0436. The second kappa shape index (κ2) is 7.16. The summed E-state index contributed by atoms with van der Waals surface area (Å²) in [5, 5.41) is 4.60. The highest BCUT2D eigenvalue weighted by atomic mass is 35.5. The fourth-order valence-electron chi connectivity index (χ4n) is 2.93. The summed E-state index contributed by atoms with van der Waals surface area (Å²) in [6, 6.07) is 5.22. The van der Waals surface area contributed by atoms with Crippen LogP contribution in [0.3, 0.4) is 0 Å². The Morgan fingerprint density at radius 1 is 1.18 bits per heavy atom. The summed E-state index contributed by atoms with van der Waals surface area (Å²) < 4.78 is 4.69. The molecule has 0 saturated heterocycles. The molecule has 1 aliphatic rings. The molecule has 0 atom stereocenters. The Kier molecular flexibility index (Phi) is 4.68. The Morgan fingerprint density at radius 3 is 2.64 bits per heavy atom. The van der Waals surface area contributed by atoms with Crippen molar-refractivity contribution in [3.63, 3.8) is 0 Å². The molecule has 8 heteroatoms. The van der Waals surface area contributed by atoms with E-state index in [0.717, 1.165) is 29.4 Å². The molecule has 1 amide bonds. The zero-order valence-corrected chi connectivity index (χ0v) is 16.1. The highest BCUT2D eigenvalue weighted by molar-refractivity contribution is 6.34. The van der Waals surface area contributed by atoms with Crippen LogP contribution in [0.4, 0.5) is 5.82 Å².